The third-order valence-corrected chi connectivity index (χ3v) is 4.27. The number of nitrogens with zero attached hydrogens (tertiary/aromatic N) is 1. The van der Waals surface area contributed by atoms with Crippen molar-refractivity contribution in [2.75, 3.05) is 16.9 Å². The first-order chi connectivity index (χ1) is 8.99. The summed E-state index contributed by atoms with van der Waals surface area (Å²) in [4.78, 5) is 24.3. The number of thioether (sulfide) groups is 1. The van der Waals surface area contributed by atoms with E-state index in [1.54, 1.807) is 18.2 Å². The van der Waals surface area contributed by atoms with E-state index in [2.05, 4.69) is 5.32 Å². The molecule has 1 aliphatic heterocycles. The third kappa shape index (κ3) is 3.13. The van der Waals surface area contributed by atoms with Crippen LogP contribution in [0.15, 0.2) is 18.2 Å². The second-order valence-electron chi connectivity index (χ2n) is 4.22. The number of nitrogens with one attached hydrogen (secondary N) is 1. The van der Waals surface area contributed by atoms with E-state index in [-0.39, 0.29) is 0 Å². The number of urea groups is 1. The fourth-order valence-corrected chi connectivity index (χ4v) is 3.04. The van der Waals surface area contributed by atoms with Gasteiger partial charge in [0.1, 0.15) is 6.04 Å². The molecule has 7 heteroatoms. The highest BCUT2D eigenvalue weighted by Gasteiger charge is 2.34. The van der Waals surface area contributed by atoms with Crippen LogP contribution in [-0.4, -0.2) is 39.7 Å². The smallest absolute Gasteiger partial charge is 0.327 e. The van der Waals surface area contributed by atoms with Crippen molar-refractivity contribution in [3.63, 3.8) is 0 Å². The Kier molecular flexibility index (Phi) is 4.21. The lowest BCUT2D eigenvalue weighted by Crippen LogP contribution is -2.43. The summed E-state index contributed by atoms with van der Waals surface area (Å²) in [6, 6.07) is 3.99. The third-order valence-electron chi connectivity index (χ3n) is 2.85. The first-order valence-electron chi connectivity index (χ1n) is 5.63. The standard InChI is InChI=1S/C12H13ClN2O3S/c1-7-2-3-8(4-9(7)13)14-12(18)15-6-19-5-10(15)11(16)17/h2-4,10H,5-6H2,1H3,(H,14,18)(H,16,17). The van der Waals surface area contributed by atoms with Gasteiger partial charge in [-0.25, -0.2) is 9.59 Å². The highest BCUT2D eigenvalue weighted by atomic mass is 35.5. The molecule has 19 heavy (non-hydrogen) atoms. The Bertz CT molecular complexity index is 524. The Hall–Kier alpha value is -1.40. The van der Waals surface area contributed by atoms with Crippen molar-refractivity contribution in [2.45, 2.75) is 13.0 Å². The van der Waals surface area contributed by atoms with Crippen LogP contribution in [0.25, 0.3) is 0 Å². The van der Waals surface area contributed by atoms with Crippen molar-refractivity contribution in [1.29, 1.82) is 0 Å². The molecule has 2 rings (SSSR count). The van der Waals surface area contributed by atoms with Gasteiger partial charge in [-0.15, -0.1) is 11.8 Å². The Morgan fingerprint density at radius 1 is 1.53 bits per heavy atom. The van der Waals surface area contributed by atoms with Crippen molar-refractivity contribution in [1.82, 2.24) is 4.90 Å². The van der Waals surface area contributed by atoms with Gasteiger partial charge in [-0.2, -0.15) is 0 Å². The number of hydrogen-bond acceptors (Lipinski definition) is 3. The fraction of sp³-hybridized carbons (Fsp3) is 0.333. The topological polar surface area (TPSA) is 69.6 Å². The average molecular weight is 301 g/mol. The van der Waals surface area contributed by atoms with Crippen molar-refractivity contribution in [3.8, 4) is 0 Å². The molecule has 1 heterocycles. The zero-order valence-electron chi connectivity index (χ0n) is 10.2. The molecule has 1 unspecified atom stereocenters. The van der Waals surface area contributed by atoms with E-state index >= 15 is 0 Å². The maximum atomic E-state index is 12.0. The largest absolute Gasteiger partial charge is 0.480 e. The van der Waals surface area contributed by atoms with Crippen molar-refractivity contribution in [2.24, 2.45) is 0 Å². The molecule has 0 aliphatic carbocycles. The van der Waals surface area contributed by atoms with Gasteiger partial charge in [0.15, 0.2) is 0 Å². The van der Waals surface area contributed by atoms with Gasteiger partial charge in [0, 0.05) is 16.5 Å². The molecule has 0 bridgehead atoms. The van der Waals surface area contributed by atoms with Crippen LogP contribution in [0.2, 0.25) is 5.02 Å². The molecule has 0 spiro atoms. The summed E-state index contributed by atoms with van der Waals surface area (Å²) in [7, 11) is 0. The van der Waals surface area contributed by atoms with Gasteiger partial charge in [0.2, 0.25) is 0 Å². The zero-order valence-corrected chi connectivity index (χ0v) is 11.8. The maximum absolute atomic E-state index is 12.0. The molecule has 102 valence electrons. The lowest BCUT2D eigenvalue weighted by Gasteiger charge is -2.21. The number of benzene rings is 1. The van der Waals surface area contributed by atoms with Crippen LogP contribution < -0.4 is 5.32 Å². The number of amides is 2. The molecule has 1 aliphatic rings. The summed E-state index contributed by atoms with van der Waals surface area (Å²) in [5.41, 5.74) is 1.47. The van der Waals surface area contributed by atoms with E-state index in [1.807, 2.05) is 6.92 Å². The Morgan fingerprint density at radius 3 is 2.89 bits per heavy atom. The van der Waals surface area contributed by atoms with Gasteiger partial charge < -0.3 is 15.3 Å². The molecular weight excluding hydrogens is 288 g/mol. The molecule has 1 fully saturated rings. The minimum absolute atomic E-state index is 0.377. The molecular formula is C12H13ClN2O3S. The molecule has 5 nitrogen and oxygen atoms in total. The Morgan fingerprint density at radius 2 is 2.26 bits per heavy atom. The minimum Gasteiger partial charge on any atom is -0.480 e. The van der Waals surface area contributed by atoms with Crippen LogP contribution in [0.4, 0.5) is 10.5 Å². The number of anilines is 1. The molecule has 2 amide bonds. The van der Waals surface area contributed by atoms with E-state index in [9.17, 15) is 9.59 Å². The minimum atomic E-state index is -0.984. The number of rotatable bonds is 2. The number of carbonyl (C=O) groups excluding carboxylic acids is 1. The number of carbonyl (C=O) groups is 2. The monoisotopic (exact) mass is 300 g/mol. The van der Waals surface area contributed by atoms with Gasteiger partial charge >= 0.3 is 12.0 Å². The van der Waals surface area contributed by atoms with Crippen LogP contribution in [0.5, 0.6) is 0 Å². The average Bonchev–Trinajstić information content (AvgIpc) is 2.83. The summed E-state index contributed by atoms with van der Waals surface area (Å²) in [6.07, 6.45) is 0. The zero-order chi connectivity index (χ0) is 14.0. The molecule has 1 atom stereocenters. The first kappa shape index (κ1) is 14.0. The Labute approximate surface area is 119 Å². The van der Waals surface area contributed by atoms with Crippen LogP contribution in [-0.2, 0) is 4.79 Å². The summed E-state index contributed by atoms with van der Waals surface area (Å²) in [6.45, 7) is 1.87. The number of carboxylic acids is 1. The summed E-state index contributed by atoms with van der Waals surface area (Å²) in [5.74, 6) is -0.193. The van der Waals surface area contributed by atoms with Crippen LogP contribution in [0.3, 0.4) is 0 Å². The van der Waals surface area contributed by atoms with Crippen molar-refractivity contribution >= 4 is 41.1 Å². The first-order valence-corrected chi connectivity index (χ1v) is 7.16. The van der Waals surface area contributed by atoms with E-state index in [0.29, 0.717) is 22.3 Å². The lowest BCUT2D eigenvalue weighted by molar-refractivity contribution is -0.140. The van der Waals surface area contributed by atoms with Gasteiger partial charge in [0.05, 0.1) is 5.88 Å². The van der Waals surface area contributed by atoms with Crippen LogP contribution >= 0.6 is 23.4 Å². The van der Waals surface area contributed by atoms with Gasteiger partial charge in [-0.05, 0) is 24.6 Å². The number of aliphatic carboxylic acids is 1. The maximum Gasteiger partial charge on any atom is 0.327 e. The van der Waals surface area contributed by atoms with E-state index in [1.165, 1.54) is 16.7 Å². The molecule has 0 aromatic heterocycles. The number of carboxylic acid groups (broad SMARTS) is 1. The molecule has 1 saturated heterocycles. The van der Waals surface area contributed by atoms with E-state index in [0.717, 1.165) is 5.56 Å². The normalized spacial score (nSPS) is 18.4. The summed E-state index contributed by atoms with van der Waals surface area (Å²) in [5, 5.41) is 12.2. The molecule has 1 aromatic rings. The second-order valence-corrected chi connectivity index (χ2v) is 5.62. The van der Waals surface area contributed by atoms with Crippen molar-refractivity contribution < 1.29 is 14.7 Å². The summed E-state index contributed by atoms with van der Waals surface area (Å²) < 4.78 is 0. The number of halogens is 1. The van der Waals surface area contributed by atoms with Gasteiger partial charge in [-0.3, -0.25) is 0 Å². The fourth-order valence-electron chi connectivity index (χ4n) is 1.71. The Balaban J connectivity index is 2.08. The quantitative estimate of drug-likeness (QED) is 0.881. The van der Waals surface area contributed by atoms with E-state index < -0.39 is 18.0 Å². The predicted molar refractivity (Wildman–Crippen MR) is 75.8 cm³/mol. The molecule has 0 saturated carbocycles. The highest BCUT2D eigenvalue weighted by molar-refractivity contribution is 7.99. The van der Waals surface area contributed by atoms with Gasteiger partial charge in [-0.1, -0.05) is 17.7 Å². The van der Waals surface area contributed by atoms with E-state index in [4.69, 9.17) is 16.7 Å². The second kappa shape index (κ2) is 5.71. The van der Waals surface area contributed by atoms with Gasteiger partial charge in [0.25, 0.3) is 0 Å². The number of hydrogen-bond donors (Lipinski definition) is 2. The highest BCUT2D eigenvalue weighted by Crippen LogP contribution is 2.24. The van der Waals surface area contributed by atoms with Crippen LogP contribution in [0.1, 0.15) is 5.56 Å². The molecule has 1 aromatic carbocycles. The molecule has 2 N–H and O–H groups in total. The SMILES string of the molecule is Cc1ccc(NC(=O)N2CSCC2C(=O)O)cc1Cl. The lowest BCUT2D eigenvalue weighted by atomic mass is 10.2. The summed E-state index contributed by atoms with van der Waals surface area (Å²) >= 11 is 7.39. The molecule has 0 radical (unpaired) electrons. The predicted octanol–water partition coefficient (Wildman–Crippen LogP) is 2.64. The number of aryl methyl sites for hydroxylation is 1. The van der Waals surface area contributed by atoms with Crippen molar-refractivity contribution in [3.05, 3.63) is 28.8 Å². The van der Waals surface area contributed by atoms with Crippen LogP contribution in [0, 0.1) is 6.92 Å².